The molecule has 0 spiro atoms. The third kappa shape index (κ3) is 6.46. The van der Waals surface area contributed by atoms with Crippen molar-refractivity contribution in [1.29, 1.82) is 0 Å². The highest BCUT2D eigenvalue weighted by Crippen LogP contribution is 2.12. The van der Waals surface area contributed by atoms with Crippen LogP contribution in [0.25, 0.3) is 0 Å². The number of esters is 1. The van der Waals surface area contributed by atoms with Gasteiger partial charge in [0, 0.05) is 18.6 Å². The second-order valence-corrected chi connectivity index (χ2v) is 5.30. The first-order chi connectivity index (χ1) is 9.74. The number of likely N-dealkylation sites (N-methyl/N-ethyl adjacent to an activating group) is 1. The van der Waals surface area contributed by atoms with Crippen LogP contribution in [-0.2, 0) is 14.3 Å². The Bertz CT molecular complexity index is 369. The predicted octanol–water partition coefficient (Wildman–Crippen LogP) is 0.883. The van der Waals surface area contributed by atoms with Crippen LogP contribution in [0.5, 0.6) is 0 Å². The van der Waals surface area contributed by atoms with Gasteiger partial charge in [-0.05, 0) is 34.6 Å². The van der Waals surface area contributed by atoms with Crippen LogP contribution in [0.2, 0.25) is 0 Å². The molecular formula is C14H27N3O4. The van der Waals surface area contributed by atoms with E-state index in [1.807, 2.05) is 13.8 Å². The molecule has 2 N–H and O–H groups in total. The van der Waals surface area contributed by atoms with Crippen LogP contribution >= 0.6 is 0 Å². The van der Waals surface area contributed by atoms with Gasteiger partial charge in [-0.25, -0.2) is 4.79 Å². The number of methoxy groups -OCH3 is 1. The molecule has 0 aromatic rings. The van der Waals surface area contributed by atoms with Crippen LogP contribution in [0.1, 0.15) is 41.0 Å². The highest BCUT2D eigenvalue weighted by Gasteiger charge is 2.33. The first-order valence-corrected chi connectivity index (χ1v) is 7.17. The minimum absolute atomic E-state index is 0.0632. The molecule has 21 heavy (non-hydrogen) atoms. The summed E-state index contributed by atoms with van der Waals surface area (Å²) in [6.45, 7) is 9.46. The second-order valence-electron chi connectivity index (χ2n) is 5.30. The van der Waals surface area contributed by atoms with Crippen LogP contribution in [0.4, 0.5) is 4.79 Å². The maximum Gasteiger partial charge on any atom is 0.318 e. The number of nitrogens with one attached hydrogen (secondary N) is 2. The van der Waals surface area contributed by atoms with Crippen molar-refractivity contribution >= 4 is 17.9 Å². The fourth-order valence-corrected chi connectivity index (χ4v) is 1.91. The maximum atomic E-state index is 12.3. The van der Waals surface area contributed by atoms with Gasteiger partial charge >= 0.3 is 12.0 Å². The van der Waals surface area contributed by atoms with Gasteiger partial charge in [-0.2, -0.15) is 0 Å². The number of ether oxygens (including phenoxy) is 1. The standard InChI is InChI=1S/C14H27N3O4/c1-7-15-13(19)11(8-12(18)21-6)17(10(4)5)14(20)16-9(2)3/h9-11H,7-8H2,1-6H3,(H,15,19)(H,16,20). The Labute approximate surface area is 126 Å². The molecule has 0 saturated heterocycles. The number of carbonyl (C=O) groups excluding carboxylic acids is 3. The Hall–Kier alpha value is -1.79. The molecule has 7 heteroatoms. The number of nitrogens with zero attached hydrogens (tertiary/aromatic N) is 1. The summed E-state index contributed by atoms with van der Waals surface area (Å²) in [6.07, 6.45) is -0.175. The summed E-state index contributed by atoms with van der Waals surface area (Å²) in [6, 6.07) is -1.57. The first kappa shape index (κ1) is 19.2. The molecule has 0 heterocycles. The molecule has 0 aromatic heterocycles. The molecule has 0 aliphatic heterocycles. The van der Waals surface area contributed by atoms with Gasteiger partial charge in [0.05, 0.1) is 13.5 Å². The lowest BCUT2D eigenvalue weighted by Crippen LogP contribution is -2.57. The number of rotatable bonds is 7. The number of hydrogen-bond donors (Lipinski definition) is 2. The molecule has 1 atom stereocenters. The molecule has 7 nitrogen and oxygen atoms in total. The Balaban J connectivity index is 5.31. The van der Waals surface area contributed by atoms with Crippen molar-refractivity contribution in [3.8, 4) is 0 Å². The van der Waals surface area contributed by atoms with Gasteiger partial charge in [0.1, 0.15) is 6.04 Å². The summed E-state index contributed by atoms with van der Waals surface area (Å²) in [4.78, 5) is 37.4. The van der Waals surface area contributed by atoms with E-state index < -0.39 is 12.0 Å². The molecule has 0 bridgehead atoms. The molecule has 0 fully saturated rings. The Kier molecular flexibility index (Phi) is 8.42. The van der Waals surface area contributed by atoms with Crippen LogP contribution in [0.15, 0.2) is 0 Å². The smallest absolute Gasteiger partial charge is 0.318 e. The third-order valence-electron chi connectivity index (χ3n) is 2.78. The predicted molar refractivity (Wildman–Crippen MR) is 79.7 cm³/mol. The molecule has 0 saturated carbocycles. The normalized spacial score (nSPS) is 12.0. The van der Waals surface area contributed by atoms with Gasteiger partial charge in [-0.1, -0.05) is 0 Å². The zero-order valence-electron chi connectivity index (χ0n) is 13.7. The van der Waals surface area contributed by atoms with Crippen LogP contribution in [-0.4, -0.2) is 54.6 Å². The van der Waals surface area contributed by atoms with E-state index in [2.05, 4.69) is 15.4 Å². The Morgan fingerprint density at radius 2 is 1.71 bits per heavy atom. The monoisotopic (exact) mass is 301 g/mol. The van der Waals surface area contributed by atoms with E-state index in [0.717, 1.165) is 0 Å². The lowest BCUT2D eigenvalue weighted by molar-refractivity contribution is -0.144. The highest BCUT2D eigenvalue weighted by molar-refractivity contribution is 5.90. The first-order valence-electron chi connectivity index (χ1n) is 7.17. The average molecular weight is 301 g/mol. The van der Waals surface area contributed by atoms with Gasteiger partial charge < -0.3 is 20.3 Å². The van der Waals surface area contributed by atoms with E-state index >= 15 is 0 Å². The van der Waals surface area contributed by atoms with Crippen molar-refractivity contribution in [2.45, 2.75) is 59.2 Å². The van der Waals surface area contributed by atoms with Crippen molar-refractivity contribution in [2.75, 3.05) is 13.7 Å². The molecule has 0 aliphatic carbocycles. The Morgan fingerprint density at radius 3 is 2.10 bits per heavy atom. The summed E-state index contributed by atoms with van der Waals surface area (Å²) in [5, 5.41) is 5.40. The van der Waals surface area contributed by atoms with Gasteiger partial charge in [0.25, 0.3) is 0 Å². The van der Waals surface area contributed by atoms with E-state index in [0.29, 0.717) is 6.54 Å². The number of hydrogen-bond acceptors (Lipinski definition) is 4. The minimum Gasteiger partial charge on any atom is -0.469 e. The van der Waals surface area contributed by atoms with Gasteiger partial charge in [0.15, 0.2) is 0 Å². The lowest BCUT2D eigenvalue weighted by atomic mass is 10.1. The molecule has 0 aliphatic rings. The molecule has 0 rings (SSSR count). The molecule has 0 aromatic carbocycles. The van der Waals surface area contributed by atoms with Crippen LogP contribution in [0, 0.1) is 0 Å². The highest BCUT2D eigenvalue weighted by atomic mass is 16.5. The fourth-order valence-electron chi connectivity index (χ4n) is 1.91. The van der Waals surface area contributed by atoms with E-state index in [4.69, 9.17) is 0 Å². The number of amides is 3. The quantitative estimate of drug-likeness (QED) is 0.683. The fraction of sp³-hybridized carbons (Fsp3) is 0.786. The second kappa shape index (κ2) is 9.20. The topological polar surface area (TPSA) is 87.7 Å². The van der Waals surface area contributed by atoms with Crippen molar-refractivity contribution in [2.24, 2.45) is 0 Å². The molecule has 3 amide bonds. The zero-order chi connectivity index (χ0) is 16.6. The van der Waals surface area contributed by atoms with E-state index in [9.17, 15) is 14.4 Å². The zero-order valence-corrected chi connectivity index (χ0v) is 13.7. The molecule has 122 valence electrons. The average Bonchev–Trinajstić information content (AvgIpc) is 2.36. The maximum absolute atomic E-state index is 12.3. The van der Waals surface area contributed by atoms with E-state index in [1.54, 1.807) is 20.8 Å². The van der Waals surface area contributed by atoms with Crippen LogP contribution in [0.3, 0.4) is 0 Å². The Morgan fingerprint density at radius 1 is 1.14 bits per heavy atom. The van der Waals surface area contributed by atoms with Crippen LogP contribution < -0.4 is 10.6 Å². The lowest BCUT2D eigenvalue weighted by Gasteiger charge is -2.34. The number of carbonyl (C=O) groups is 3. The molecule has 0 radical (unpaired) electrons. The molecular weight excluding hydrogens is 274 g/mol. The summed E-state index contributed by atoms with van der Waals surface area (Å²) < 4.78 is 4.62. The molecule has 1 unspecified atom stereocenters. The minimum atomic E-state index is -0.892. The van der Waals surface area contributed by atoms with E-state index in [1.165, 1.54) is 12.0 Å². The van der Waals surface area contributed by atoms with Crippen molar-refractivity contribution in [1.82, 2.24) is 15.5 Å². The van der Waals surface area contributed by atoms with Crippen molar-refractivity contribution in [3.63, 3.8) is 0 Å². The third-order valence-corrected chi connectivity index (χ3v) is 2.78. The van der Waals surface area contributed by atoms with Gasteiger partial charge in [-0.15, -0.1) is 0 Å². The summed E-state index contributed by atoms with van der Waals surface area (Å²) in [7, 11) is 1.25. The largest absolute Gasteiger partial charge is 0.469 e. The SMILES string of the molecule is CCNC(=O)C(CC(=O)OC)N(C(=O)NC(C)C)C(C)C. The summed E-state index contributed by atoms with van der Waals surface area (Å²) >= 11 is 0. The van der Waals surface area contributed by atoms with Crippen molar-refractivity contribution < 1.29 is 19.1 Å². The summed E-state index contributed by atoms with van der Waals surface area (Å²) in [5.41, 5.74) is 0. The van der Waals surface area contributed by atoms with E-state index in [-0.39, 0.29) is 30.4 Å². The van der Waals surface area contributed by atoms with Gasteiger partial charge in [0.2, 0.25) is 5.91 Å². The van der Waals surface area contributed by atoms with Gasteiger partial charge in [-0.3, -0.25) is 9.59 Å². The summed E-state index contributed by atoms with van der Waals surface area (Å²) in [5.74, 6) is -0.898. The number of urea groups is 1. The van der Waals surface area contributed by atoms with Crippen molar-refractivity contribution in [3.05, 3.63) is 0 Å².